The van der Waals surface area contributed by atoms with Gasteiger partial charge in [-0.3, -0.25) is 9.59 Å². The predicted molar refractivity (Wildman–Crippen MR) is 57.0 cm³/mol. The summed E-state index contributed by atoms with van der Waals surface area (Å²) in [5.74, 6) is -0.354. The number of ether oxygens (including phenoxy) is 2. The molecular weight excluding hydrogens is 232 g/mol. The fourth-order valence-corrected chi connectivity index (χ4v) is 2.45. The van der Waals surface area contributed by atoms with Gasteiger partial charge in [0.2, 0.25) is 5.91 Å². The van der Waals surface area contributed by atoms with E-state index in [0.29, 0.717) is 13.2 Å². The molecule has 0 radical (unpaired) electrons. The van der Waals surface area contributed by atoms with E-state index in [1.165, 1.54) is 23.4 Å². The van der Waals surface area contributed by atoms with Crippen molar-refractivity contribution >= 4 is 24.0 Å². The van der Waals surface area contributed by atoms with E-state index < -0.39 is 6.23 Å². The van der Waals surface area contributed by atoms with Gasteiger partial charge in [-0.1, -0.05) is 0 Å². The van der Waals surface area contributed by atoms with Crippen molar-refractivity contribution in [3.63, 3.8) is 0 Å². The van der Waals surface area contributed by atoms with Gasteiger partial charge in [0.1, 0.15) is 0 Å². The molecule has 0 aromatic carbocycles. The summed E-state index contributed by atoms with van der Waals surface area (Å²) in [5.41, 5.74) is 0. The van der Waals surface area contributed by atoms with Crippen molar-refractivity contribution in [2.75, 3.05) is 26.3 Å². The van der Waals surface area contributed by atoms with E-state index in [2.05, 4.69) is 0 Å². The standard InChI is InChI=1S/C9H14N2O4S/c1-7(12)15-9-6-8(13)11(9)16-10-2-4-14-5-3-10/h9H,2-6H2,1H3. The molecule has 6 nitrogen and oxygen atoms in total. The van der Waals surface area contributed by atoms with E-state index in [1.54, 1.807) is 0 Å². The van der Waals surface area contributed by atoms with Gasteiger partial charge in [0, 0.05) is 32.1 Å². The first-order valence-corrected chi connectivity index (χ1v) is 5.90. The van der Waals surface area contributed by atoms with Crippen LogP contribution in [0.5, 0.6) is 0 Å². The Labute approximate surface area is 98.1 Å². The Morgan fingerprint density at radius 1 is 1.50 bits per heavy atom. The van der Waals surface area contributed by atoms with Crippen molar-refractivity contribution < 1.29 is 19.1 Å². The normalized spacial score (nSPS) is 26.4. The number of morpholine rings is 1. The molecule has 2 fully saturated rings. The van der Waals surface area contributed by atoms with Crippen LogP contribution in [0.25, 0.3) is 0 Å². The van der Waals surface area contributed by atoms with Crippen molar-refractivity contribution in [3.05, 3.63) is 0 Å². The van der Waals surface area contributed by atoms with Crippen LogP contribution in [-0.4, -0.2) is 53.0 Å². The van der Waals surface area contributed by atoms with Crippen LogP contribution in [0.15, 0.2) is 0 Å². The van der Waals surface area contributed by atoms with Crippen LogP contribution in [-0.2, 0) is 19.1 Å². The molecule has 0 saturated carbocycles. The van der Waals surface area contributed by atoms with Crippen LogP contribution < -0.4 is 0 Å². The zero-order chi connectivity index (χ0) is 11.5. The number of esters is 1. The summed E-state index contributed by atoms with van der Waals surface area (Å²) in [6.45, 7) is 4.25. The second-order valence-corrected chi connectivity index (χ2v) is 4.68. The lowest BCUT2D eigenvalue weighted by atomic mass is 10.2. The third-order valence-electron chi connectivity index (χ3n) is 2.33. The van der Waals surface area contributed by atoms with Gasteiger partial charge in [-0.2, -0.15) is 0 Å². The Balaban J connectivity index is 1.82. The third kappa shape index (κ3) is 2.66. The molecule has 2 heterocycles. The molecule has 0 bridgehead atoms. The van der Waals surface area contributed by atoms with Gasteiger partial charge in [0.15, 0.2) is 6.23 Å². The quantitative estimate of drug-likeness (QED) is 0.397. The Morgan fingerprint density at radius 2 is 2.19 bits per heavy atom. The molecule has 0 aromatic heterocycles. The molecule has 2 rings (SSSR count). The summed E-state index contributed by atoms with van der Waals surface area (Å²) in [5, 5.41) is 0. The van der Waals surface area contributed by atoms with E-state index >= 15 is 0 Å². The Morgan fingerprint density at radius 3 is 2.75 bits per heavy atom. The molecule has 0 aliphatic carbocycles. The van der Waals surface area contributed by atoms with Crippen LogP contribution in [0.1, 0.15) is 13.3 Å². The average Bonchev–Trinajstić information content (AvgIpc) is 2.26. The molecule has 2 aliphatic rings. The molecule has 7 heteroatoms. The number of carbonyl (C=O) groups is 2. The Bertz CT molecular complexity index is 293. The molecule has 0 N–H and O–H groups in total. The molecule has 16 heavy (non-hydrogen) atoms. The maximum atomic E-state index is 11.4. The highest BCUT2D eigenvalue weighted by molar-refractivity contribution is 7.95. The number of nitrogens with zero attached hydrogens (tertiary/aromatic N) is 2. The number of β-lactam (4-membered cyclic amide) rings is 1. The zero-order valence-corrected chi connectivity index (χ0v) is 9.87. The number of hydrogen-bond donors (Lipinski definition) is 0. The summed E-state index contributed by atoms with van der Waals surface area (Å²) in [6.07, 6.45) is -0.116. The highest BCUT2D eigenvalue weighted by atomic mass is 32.2. The number of amides is 1. The van der Waals surface area contributed by atoms with Crippen molar-refractivity contribution in [2.24, 2.45) is 0 Å². The van der Waals surface area contributed by atoms with E-state index in [0.717, 1.165) is 13.1 Å². The molecule has 1 atom stereocenters. The summed E-state index contributed by atoms with van der Waals surface area (Å²) in [6, 6.07) is 0. The minimum absolute atomic E-state index is 0.00254. The number of carbonyl (C=O) groups excluding carboxylic acids is 2. The summed E-state index contributed by atoms with van der Waals surface area (Å²) >= 11 is 1.33. The van der Waals surface area contributed by atoms with Crippen LogP contribution in [0.4, 0.5) is 0 Å². The molecule has 1 amide bonds. The maximum absolute atomic E-state index is 11.4. The van der Waals surface area contributed by atoms with Crippen LogP contribution in [0.3, 0.4) is 0 Å². The topological polar surface area (TPSA) is 59.1 Å². The molecule has 90 valence electrons. The van der Waals surface area contributed by atoms with E-state index in [1.807, 2.05) is 4.31 Å². The van der Waals surface area contributed by atoms with E-state index in [-0.39, 0.29) is 18.3 Å². The van der Waals surface area contributed by atoms with E-state index in [4.69, 9.17) is 9.47 Å². The van der Waals surface area contributed by atoms with Crippen LogP contribution >= 0.6 is 12.1 Å². The highest BCUT2D eigenvalue weighted by Gasteiger charge is 2.41. The summed E-state index contributed by atoms with van der Waals surface area (Å²) in [4.78, 5) is 22.1. The maximum Gasteiger partial charge on any atom is 0.304 e. The Kier molecular flexibility index (Phi) is 3.67. The lowest BCUT2D eigenvalue weighted by Gasteiger charge is -2.40. The predicted octanol–water partition coefficient (Wildman–Crippen LogP) is 0.00330. The number of hydrogen-bond acceptors (Lipinski definition) is 6. The molecule has 0 aromatic rings. The second-order valence-electron chi connectivity index (χ2n) is 3.61. The van der Waals surface area contributed by atoms with E-state index in [9.17, 15) is 9.59 Å². The van der Waals surface area contributed by atoms with Gasteiger partial charge >= 0.3 is 5.97 Å². The lowest BCUT2D eigenvalue weighted by molar-refractivity contribution is -0.170. The SMILES string of the molecule is CC(=O)OC1CC(=O)N1SN1CCOCC1. The zero-order valence-electron chi connectivity index (χ0n) is 9.05. The fraction of sp³-hybridized carbons (Fsp3) is 0.778. The van der Waals surface area contributed by atoms with Crippen LogP contribution in [0.2, 0.25) is 0 Å². The minimum atomic E-state index is -0.405. The lowest BCUT2D eigenvalue weighted by Crippen LogP contribution is -2.52. The number of rotatable bonds is 3. The van der Waals surface area contributed by atoms with Gasteiger partial charge in [-0.15, -0.1) is 0 Å². The first-order valence-electron chi connectivity index (χ1n) is 5.17. The first-order chi connectivity index (χ1) is 7.66. The average molecular weight is 246 g/mol. The summed E-state index contributed by atoms with van der Waals surface area (Å²) < 4.78 is 13.8. The molecular formula is C9H14N2O4S. The van der Waals surface area contributed by atoms with Gasteiger partial charge < -0.3 is 9.47 Å². The third-order valence-corrected chi connectivity index (χ3v) is 3.54. The van der Waals surface area contributed by atoms with Crippen molar-refractivity contribution in [3.8, 4) is 0 Å². The van der Waals surface area contributed by atoms with Gasteiger partial charge in [0.25, 0.3) is 0 Å². The smallest absolute Gasteiger partial charge is 0.304 e. The van der Waals surface area contributed by atoms with Crippen molar-refractivity contribution in [1.82, 2.24) is 8.61 Å². The van der Waals surface area contributed by atoms with Gasteiger partial charge in [-0.25, -0.2) is 8.61 Å². The molecule has 2 aliphatic heterocycles. The highest BCUT2D eigenvalue weighted by Crippen LogP contribution is 2.31. The second kappa shape index (κ2) is 5.03. The fourth-order valence-electron chi connectivity index (χ4n) is 1.50. The first kappa shape index (κ1) is 11.7. The summed E-state index contributed by atoms with van der Waals surface area (Å²) in [7, 11) is 0. The molecule has 0 spiro atoms. The monoisotopic (exact) mass is 246 g/mol. The van der Waals surface area contributed by atoms with Crippen molar-refractivity contribution in [2.45, 2.75) is 19.6 Å². The van der Waals surface area contributed by atoms with Crippen LogP contribution in [0, 0.1) is 0 Å². The van der Waals surface area contributed by atoms with Crippen molar-refractivity contribution in [1.29, 1.82) is 0 Å². The molecule has 2 saturated heterocycles. The van der Waals surface area contributed by atoms with Gasteiger partial charge in [-0.05, 0) is 0 Å². The minimum Gasteiger partial charge on any atom is -0.440 e. The molecule has 1 unspecified atom stereocenters. The van der Waals surface area contributed by atoms with Gasteiger partial charge in [0.05, 0.1) is 19.6 Å². The largest absolute Gasteiger partial charge is 0.440 e. The Hall–Kier alpha value is -0.790.